The summed E-state index contributed by atoms with van der Waals surface area (Å²) in [5, 5.41) is 0. The highest BCUT2D eigenvalue weighted by atomic mass is 32.1. The molecule has 5 heteroatoms. The van der Waals surface area contributed by atoms with Crippen LogP contribution in [0.3, 0.4) is 0 Å². The summed E-state index contributed by atoms with van der Waals surface area (Å²) in [5.41, 5.74) is 1.46. The number of hydrogen-bond donors (Lipinski definition) is 0. The maximum Gasteiger partial charge on any atom is 0.219 e. The summed E-state index contributed by atoms with van der Waals surface area (Å²) in [6, 6.07) is 8.88. The minimum atomic E-state index is 0.107. The third-order valence-corrected chi connectivity index (χ3v) is 4.12. The highest BCUT2D eigenvalue weighted by molar-refractivity contribution is 7.14. The summed E-state index contributed by atoms with van der Waals surface area (Å²) < 4.78 is 10.7. The second-order valence-electron chi connectivity index (χ2n) is 4.31. The van der Waals surface area contributed by atoms with E-state index in [4.69, 9.17) is 9.47 Å². The van der Waals surface area contributed by atoms with E-state index in [1.165, 1.54) is 11.3 Å². The lowest BCUT2D eigenvalue weighted by Gasteiger charge is -2.18. The molecule has 104 valence electrons. The van der Waals surface area contributed by atoms with Crippen LogP contribution in [-0.2, 0) is 4.79 Å². The lowest BCUT2D eigenvalue weighted by molar-refractivity contribution is 0.112. The maximum absolute atomic E-state index is 11.2. The molecule has 1 aliphatic rings. The molecule has 1 aliphatic heterocycles. The van der Waals surface area contributed by atoms with Crippen LogP contribution in [0.1, 0.15) is 20.1 Å². The molecule has 0 spiro atoms. The fraction of sp³-hybridized carbons (Fsp3) is 0.0625. The second kappa shape index (κ2) is 5.40. The zero-order valence-electron chi connectivity index (χ0n) is 11.1. The van der Waals surface area contributed by atoms with Gasteiger partial charge in [-0.1, -0.05) is 0 Å². The van der Waals surface area contributed by atoms with Crippen molar-refractivity contribution in [3.63, 3.8) is 0 Å². The molecule has 0 amide bonds. The highest BCUT2D eigenvalue weighted by Crippen LogP contribution is 2.39. The molecule has 0 bridgehead atoms. The number of ether oxygens (including phenoxy) is 2. The third-order valence-electron chi connectivity index (χ3n) is 3.08. The third kappa shape index (κ3) is 2.40. The fourth-order valence-corrected chi connectivity index (χ4v) is 2.89. The van der Waals surface area contributed by atoms with Crippen LogP contribution >= 0.6 is 11.3 Å². The van der Waals surface area contributed by atoms with Crippen LogP contribution in [0.2, 0.25) is 0 Å². The lowest BCUT2D eigenvalue weighted by atomic mass is 10.0. The predicted molar refractivity (Wildman–Crippen MR) is 80.4 cm³/mol. The van der Waals surface area contributed by atoms with E-state index in [0.717, 1.165) is 16.7 Å². The van der Waals surface area contributed by atoms with Crippen LogP contribution in [0.5, 0.6) is 11.5 Å². The number of fused-ring (bicyclic) bond motifs is 1. The van der Waals surface area contributed by atoms with Crippen molar-refractivity contribution >= 4 is 35.2 Å². The number of thiophene rings is 1. The van der Waals surface area contributed by atoms with E-state index in [1.54, 1.807) is 25.3 Å². The van der Waals surface area contributed by atoms with Crippen molar-refractivity contribution in [3.05, 3.63) is 51.4 Å². The van der Waals surface area contributed by atoms with Crippen molar-refractivity contribution in [2.24, 2.45) is 0 Å². The Balaban J connectivity index is 2.11. The molecule has 1 aromatic heterocycles. The summed E-state index contributed by atoms with van der Waals surface area (Å²) in [7, 11) is 1.56. The van der Waals surface area contributed by atoms with E-state index in [-0.39, 0.29) is 5.76 Å². The molecule has 2 aromatic rings. The minimum Gasteiger partial charge on any atom is -0.497 e. The number of allylic oxidation sites excluding steroid dienone is 1. The number of methoxy groups -OCH3 is 1. The van der Waals surface area contributed by atoms with Crippen molar-refractivity contribution in [3.8, 4) is 11.5 Å². The molecule has 0 N–H and O–H groups in total. The summed E-state index contributed by atoms with van der Waals surface area (Å²) >= 11 is 1.30. The topological polar surface area (TPSA) is 52.6 Å². The van der Waals surface area contributed by atoms with E-state index < -0.39 is 0 Å². The normalized spacial score (nSPS) is 12.8. The Morgan fingerprint density at radius 2 is 2.14 bits per heavy atom. The van der Waals surface area contributed by atoms with Gasteiger partial charge in [-0.25, -0.2) is 4.79 Å². The number of carbonyl (C=O) groups is 1. The van der Waals surface area contributed by atoms with Crippen LogP contribution in [0.4, 0.5) is 0 Å². The van der Waals surface area contributed by atoms with Gasteiger partial charge >= 0.3 is 0 Å². The monoisotopic (exact) mass is 298 g/mol. The van der Waals surface area contributed by atoms with Gasteiger partial charge < -0.3 is 9.47 Å². The van der Waals surface area contributed by atoms with Gasteiger partial charge in [0.15, 0.2) is 12.2 Å². The van der Waals surface area contributed by atoms with Crippen molar-refractivity contribution in [1.29, 1.82) is 0 Å². The Bertz CT molecular complexity index is 794. The highest BCUT2D eigenvalue weighted by Gasteiger charge is 2.21. The van der Waals surface area contributed by atoms with Crippen LogP contribution in [0, 0.1) is 0 Å². The Morgan fingerprint density at radius 3 is 2.81 bits per heavy atom. The molecule has 3 rings (SSSR count). The molecule has 0 fully saturated rings. The number of benzene rings is 1. The van der Waals surface area contributed by atoms with Gasteiger partial charge in [0, 0.05) is 22.1 Å². The average molecular weight is 298 g/mol. The first-order valence-electron chi connectivity index (χ1n) is 6.13. The van der Waals surface area contributed by atoms with Crippen LogP contribution in [-0.4, -0.2) is 19.3 Å². The molecule has 0 saturated carbocycles. The molecule has 21 heavy (non-hydrogen) atoms. The first-order valence-corrected chi connectivity index (χ1v) is 6.95. The molecular formula is C16H10O4S. The van der Waals surface area contributed by atoms with Crippen LogP contribution in [0.25, 0.3) is 11.6 Å². The number of hydrogen-bond acceptors (Lipinski definition) is 5. The van der Waals surface area contributed by atoms with E-state index in [0.29, 0.717) is 21.9 Å². The van der Waals surface area contributed by atoms with Gasteiger partial charge in [0.25, 0.3) is 0 Å². The van der Waals surface area contributed by atoms with Gasteiger partial charge in [0.1, 0.15) is 11.5 Å². The van der Waals surface area contributed by atoms with Crippen molar-refractivity contribution in [2.75, 3.05) is 7.11 Å². The van der Waals surface area contributed by atoms with E-state index in [1.807, 2.05) is 24.2 Å². The van der Waals surface area contributed by atoms with E-state index in [2.05, 4.69) is 0 Å². The zero-order chi connectivity index (χ0) is 14.8. The summed E-state index contributed by atoms with van der Waals surface area (Å²) in [6.45, 7) is 0. The van der Waals surface area contributed by atoms with E-state index in [9.17, 15) is 9.59 Å². The Kier molecular flexibility index (Phi) is 3.44. The van der Waals surface area contributed by atoms with Gasteiger partial charge in [0.2, 0.25) is 5.76 Å². The van der Waals surface area contributed by atoms with Crippen LogP contribution < -0.4 is 9.47 Å². The molecular weight excluding hydrogens is 288 g/mol. The number of carbonyl (C=O) groups excluding carboxylic acids is 2. The largest absolute Gasteiger partial charge is 0.497 e. The summed E-state index contributed by atoms with van der Waals surface area (Å²) in [5.74, 6) is 3.11. The molecule has 4 nitrogen and oxygen atoms in total. The fourth-order valence-electron chi connectivity index (χ4n) is 2.06. The standard InChI is InChI=1S/C16H10O4S/c1-19-11-3-2-10-6-13(15(9-18)20-14(10)7-11)16-5-4-12(8-17)21-16/h2-8H,1H3. The molecule has 0 radical (unpaired) electrons. The molecule has 2 heterocycles. The van der Waals surface area contributed by atoms with Gasteiger partial charge in [-0.05, 0) is 30.3 Å². The minimum absolute atomic E-state index is 0.107. The summed E-state index contributed by atoms with van der Waals surface area (Å²) in [6.07, 6.45) is 2.63. The summed E-state index contributed by atoms with van der Waals surface area (Å²) in [4.78, 5) is 23.3. The van der Waals surface area contributed by atoms with Crippen molar-refractivity contribution in [2.45, 2.75) is 0 Å². The smallest absolute Gasteiger partial charge is 0.219 e. The predicted octanol–water partition coefficient (Wildman–Crippen LogP) is 3.22. The lowest BCUT2D eigenvalue weighted by Crippen LogP contribution is -2.05. The van der Waals surface area contributed by atoms with Gasteiger partial charge in [-0.15, -0.1) is 11.3 Å². The van der Waals surface area contributed by atoms with E-state index >= 15 is 0 Å². The first kappa shape index (κ1) is 13.4. The number of aldehydes is 1. The van der Waals surface area contributed by atoms with Gasteiger partial charge in [-0.3, -0.25) is 4.79 Å². The molecule has 0 saturated heterocycles. The first-order chi connectivity index (χ1) is 10.2. The van der Waals surface area contributed by atoms with Crippen molar-refractivity contribution in [1.82, 2.24) is 0 Å². The van der Waals surface area contributed by atoms with Crippen molar-refractivity contribution < 1.29 is 19.1 Å². The maximum atomic E-state index is 11.2. The second-order valence-corrected chi connectivity index (χ2v) is 5.43. The van der Waals surface area contributed by atoms with Crippen LogP contribution in [0.15, 0.2) is 36.1 Å². The SMILES string of the molecule is COc1ccc2c(c1)OC(=C=O)C(c1ccc(C=O)s1)=C2. The molecule has 0 aliphatic carbocycles. The quantitative estimate of drug-likeness (QED) is 0.645. The van der Waals surface area contributed by atoms with Gasteiger partial charge in [-0.2, -0.15) is 0 Å². The average Bonchev–Trinajstić information content (AvgIpc) is 3.01. The zero-order valence-corrected chi connectivity index (χ0v) is 11.9. The molecule has 0 unspecified atom stereocenters. The Labute approximate surface area is 124 Å². The molecule has 0 atom stereocenters. The molecule has 1 aromatic carbocycles. The number of rotatable bonds is 3. The van der Waals surface area contributed by atoms with Gasteiger partial charge in [0.05, 0.1) is 12.0 Å². The Morgan fingerprint density at radius 1 is 1.29 bits per heavy atom. The Hall–Kier alpha value is -2.62.